The lowest BCUT2D eigenvalue weighted by atomic mass is 9.84. The number of nitrogens with zero attached hydrogens (tertiary/aromatic N) is 6. The summed E-state index contributed by atoms with van der Waals surface area (Å²) in [7, 11) is 1.56. The number of carbonyl (C=O) groups excluding carboxylic acids is 3. The highest BCUT2D eigenvalue weighted by molar-refractivity contribution is 8.14. The first-order valence-corrected chi connectivity index (χ1v) is 24.3. The van der Waals surface area contributed by atoms with Gasteiger partial charge >= 0.3 is 12.1 Å². The van der Waals surface area contributed by atoms with Crippen LogP contribution in [0.15, 0.2) is 35.5 Å². The van der Waals surface area contributed by atoms with Gasteiger partial charge in [0, 0.05) is 79.8 Å². The van der Waals surface area contributed by atoms with Gasteiger partial charge < -0.3 is 33.7 Å². The lowest BCUT2D eigenvalue weighted by Gasteiger charge is -2.44. The average Bonchev–Trinajstić information content (AvgIpc) is 3.61. The van der Waals surface area contributed by atoms with E-state index in [0.29, 0.717) is 96.6 Å². The van der Waals surface area contributed by atoms with Gasteiger partial charge in [0.05, 0.1) is 79.5 Å². The summed E-state index contributed by atoms with van der Waals surface area (Å²) in [6, 6.07) is 5.60. The second-order valence-corrected chi connectivity index (χ2v) is 20.9. The molecule has 6 bridgehead atoms. The molecule has 2 amide bonds. The third-order valence-corrected chi connectivity index (χ3v) is 15.7. The van der Waals surface area contributed by atoms with Gasteiger partial charge in [-0.1, -0.05) is 19.9 Å². The molecule has 0 spiro atoms. The lowest BCUT2D eigenvalue weighted by molar-refractivity contribution is -0.155. The minimum absolute atomic E-state index is 0.0462. The standard InChI is InChI=1S/C47H59F3N8O7S/c1-26(62-4)41-31(15-28(18-51-41)56-11-10-55-12-13-63-20-29(55)19-56)42-32-17-46(2,3)25-65-45(61)35-6-5-9-58(54-35)44(60)36(53-43(59)40-33-21-64-22-34(33)40)16-39-52-37(23-66-39)27-7-8-38(30(32)14-27)57(42)24-47(48,49)50/h7-8,14-15,18,26,29,33-37,40,54H,5-6,9-13,16-17,19-25H2,1-4H3,(H,53,59)/t26-,29-,33-,34+,35-,36-,37?,40?/m0/s1. The molecule has 5 fully saturated rings. The van der Waals surface area contributed by atoms with Gasteiger partial charge in [-0.25, -0.2) is 5.43 Å². The first kappa shape index (κ1) is 45.5. The third kappa shape index (κ3) is 9.07. The number of hydrazine groups is 1. The van der Waals surface area contributed by atoms with Gasteiger partial charge in [0.15, 0.2) is 0 Å². The maximum atomic E-state index is 15.0. The number of amides is 2. The topological polar surface area (TPSA) is 152 Å². The highest BCUT2D eigenvalue weighted by atomic mass is 32.2. The number of pyridine rings is 1. The van der Waals surface area contributed by atoms with Gasteiger partial charge in [0.1, 0.15) is 18.6 Å². The number of aliphatic imine (C=N–C) groups is 1. The van der Waals surface area contributed by atoms with Gasteiger partial charge in [-0.2, -0.15) is 13.2 Å². The van der Waals surface area contributed by atoms with Crippen molar-refractivity contribution < 1.29 is 46.5 Å². The van der Waals surface area contributed by atoms with Crippen molar-refractivity contribution in [2.75, 3.05) is 83.5 Å². The zero-order chi connectivity index (χ0) is 46.1. The Balaban J connectivity index is 1.09. The third-order valence-electron chi connectivity index (χ3n) is 14.6. The van der Waals surface area contributed by atoms with Gasteiger partial charge in [-0.3, -0.25) is 34.3 Å². The number of fused-ring (bicyclic) bond motifs is 7. The van der Waals surface area contributed by atoms with Crippen LogP contribution in [-0.4, -0.2) is 145 Å². The van der Waals surface area contributed by atoms with Crippen LogP contribution in [0.25, 0.3) is 22.2 Å². The molecular weight excluding hydrogens is 878 g/mol. The highest BCUT2D eigenvalue weighted by Gasteiger charge is 2.58. The summed E-state index contributed by atoms with van der Waals surface area (Å²) in [6.45, 7) is 10.2. The van der Waals surface area contributed by atoms with E-state index in [2.05, 4.69) is 20.5 Å². The number of halogens is 3. The predicted molar refractivity (Wildman–Crippen MR) is 242 cm³/mol. The van der Waals surface area contributed by atoms with Gasteiger partial charge in [0.2, 0.25) is 5.91 Å². The number of cyclic esters (lactones) is 1. The number of hydrogen-bond donors (Lipinski definition) is 2. The van der Waals surface area contributed by atoms with Crippen LogP contribution in [0.5, 0.6) is 0 Å². The number of aromatic nitrogens is 2. The number of esters is 1. The zero-order valence-electron chi connectivity index (χ0n) is 37.9. The van der Waals surface area contributed by atoms with Crippen LogP contribution in [0.4, 0.5) is 18.9 Å². The first-order chi connectivity index (χ1) is 31.6. The van der Waals surface area contributed by atoms with Crippen molar-refractivity contribution in [2.24, 2.45) is 28.2 Å². The van der Waals surface area contributed by atoms with Crippen LogP contribution in [0.2, 0.25) is 0 Å². The quantitative estimate of drug-likeness (QED) is 0.305. The minimum atomic E-state index is -4.58. The molecule has 8 heterocycles. The SMILES string of the molecule is CO[C@@H](C)c1ncc(N2CCN3CCOC[C@@H]3C2)cc1-c1c2c3cc(ccc3n1CC(F)(F)F)C1CSC(=N1)C[C@H](NC(=O)C1[C@H]3COC[C@@H]13)C(=O)N1CCC[C@H](N1)C(=O)OCC(C)(C)C2. The molecule has 66 heavy (non-hydrogen) atoms. The predicted octanol–water partition coefficient (Wildman–Crippen LogP) is 5.07. The number of thioether (sulfide) groups is 1. The van der Waals surface area contributed by atoms with Crippen LogP contribution in [0, 0.1) is 23.2 Å². The Hall–Kier alpha value is -4.27. The normalized spacial score (nSPS) is 29.7. The number of carbonyl (C=O) groups is 3. The van der Waals surface area contributed by atoms with Crippen LogP contribution in [-0.2, 0) is 46.3 Å². The molecule has 1 saturated carbocycles. The van der Waals surface area contributed by atoms with Crippen molar-refractivity contribution in [2.45, 2.75) is 89.4 Å². The molecule has 6 aliphatic heterocycles. The first-order valence-electron chi connectivity index (χ1n) is 23.3. The van der Waals surface area contributed by atoms with Crippen LogP contribution < -0.4 is 15.6 Å². The number of methoxy groups -OCH3 is 1. The van der Waals surface area contributed by atoms with E-state index in [1.807, 2.05) is 39.0 Å². The molecule has 2 unspecified atom stereocenters. The van der Waals surface area contributed by atoms with Crippen LogP contribution in [0.1, 0.15) is 69.0 Å². The molecule has 2 aromatic heterocycles. The minimum Gasteiger partial charge on any atom is -0.464 e. The van der Waals surface area contributed by atoms with Crippen molar-refractivity contribution in [1.82, 2.24) is 30.2 Å². The number of hydrogen-bond acceptors (Lipinski definition) is 13. The summed E-state index contributed by atoms with van der Waals surface area (Å²) in [5.74, 6) is -0.455. The van der Waals surface area contributed by atoms with Gasteiger partial charge in [0.25, 0.3) is 5.91 Å². The molecular formula is C47H59F3N8O7S. The zero-order valence-corrected chi connectivity index (χ0v) is 38.7. The molecule has 0 radical (unpaired) electrons. The van der Waals surface area contributed by atoms with E-state index in [-0.39, 0.29) is 61.1 Å². The molecule has 8 atom stereocenters. The molecule has 10 rings (SSSR count). The molecule has 3 aromatic rings. The summed E-state index contributed by atoms with van der Waals surface area (Å²) in [5, 5.41) is 5.81. The van der Waals surface area contributed by atoms with Crippen molar-refractivity contribution in [3.8, 4) is 11.3 Å². The van der Waals surface area contributed by atoms with E-state index in [4.69, 9.17) is 28.9 Å². The molecule has 2 N–H and O–H groups in total. The van der Waals surface area contributed by atoms with Gasteiger partial charge in [-0.05, 0) is 67.3 Å². The maximum Gasteiger partial charge on any atom is 0.406 e. The Bertz CT molecular complexity index is 2400. The number of alkyl halides is 3. The lowest BCUT2D eigenvalue weighted by Crippen LogP contribution is -2.60. The Morgan fingerprint density at radius 2 is 1.91 bits per heavy atom. The molecule has 356 valence electrons. The van der Waals surface area contributed by atoms with Crippen molar-refractivity contribution in [3.05, 3.63) is 47.3 Å². The van der Waals surface area contributed by atoms with E-state index in [0.717, 1.165) is 30.9 Å². The van der Waals surface area contributed by atoms with E-state index in [1.54, 1.807) is 19.4 Å². The Kier molecular flexibility index (Phi) is 12.4. The maximum absolute atomic E-state index is 15.0. The van der Waals surface area contributed by atoms with E-state index >= 15 is 13.2 Å². The van der Waals surface area contributed by atoms with Crippen molar-refractivity contribution in [1.29, 1.82) is 0 Å². The summed E-state index contributed by atoms with van der Waals surface area (Å²) < 4.78 is 69.7. The number of rotatable bonds is 7. The molecule has 1 aromatic carbocycles. The van der Waals surface area contributed by atoms with E-state index in [9.17, 15) is 14.4 Å². The number of benzene rings is 1. The number of morpholine rings is 1. The number of piperazine rings is 1. The summed E-state index contributed by atoms with van der Waals surface area (Å²) in [5.41, 5.74) is 6.47. The van der Waals surface area contributed by atoms with Crippen molar-refractivity contribution >= 4 is 51.2 Å². The smallest absolute Gasteiger partial charge is 0.406 e. The van der Waals surface area contributed by atoms with E-state index < -0.39 is 42.3 Å². The molecule has 1 aliphatic carbocycles. The Labute approximate surface area is 386 Å². The second kappa shape index (κ2) is 18.0. The van der Waals surface area contributed by atoms with Gasteiger partial charge in [-0.15, -0.1) is 11.8 Å². The summed E-state index contributed by atoms with van der Waals surface area (Å²) >= 11 is 1.51. The highest BCUT2D eigenvalue weighted by Crippen LogP contribution is 2.51. The largest absolute Gasteiger partial charge is 0.464 e. The summed E-state index contributed by atoms with van der Waals surface area (Å²) in [4.78, 5) is 56.6. The molecule has 4 saturated heterocycles. The van der Waals surface area contributed by atoms with Crippen LogP contribution in [0.3, 0.4) is 0 Å². The van der Waals surface area contributed by atoms with E-state index in [1.165, 1.54) is 21.3 Å². The molecule has 19 heteroatoms. The monoisotopic (exact) mass is 936 g/mol. The second-order valence-electron chi connectivity index (χ2n) is 19.8. The number of nitrogens with one attached hydrogen (secondary N) is 2. The average molecular weight is 937 g/mol. The molecule has 15 nitrogen and oxygen atoms in total. The number of ether oxygens (including phenoxy) is 4. The Morgan fingerprint density at radius 1 is 1.09 bits per heavy atom. The summed E-state index contributed by atoms with van der Waals surface area (Å²) in [6.07, 6.45) is -1.98. The fourth-order valence-electron chi connectivity index (χ4n) is 10.9. The fraction of sp³-hybridized carbons (Fsp3) is 0.638. The number of anilines is 1. The molecule has 7 aliphatic rings. The van der Waals surface area contributed by atoms with Crippen molar-refractivity contribution in [3.63, 3.8) is 0 Å². The van der Waals surface area contributed by atoms with Crippen LogP contribution >= 0.6 is 11.8 Å². The fourth-order valence-corrected chi connectivity index (χ4v) is 12.0. The Morgan fingerprint density at radius 3 is 2.70 bits per heavy atom.